The summed E-state index contributed by atoms with van der Waals surface area (Å²) in [6.07, 6.45) is -1.61. The second-order valence-electron chi connectivity index (χ2n) is 6.67. The van der Waals surface area contributed by atoms with E-state index in [1.54, 1.807) is 20.8 Å². The number of carbonyl (C=O) groups is 2. The number of nitrogens with one attached hydrogen (secondary N) is 1. The predicted molar refractivity (Wildman–Crippen MR) is 99.8 cm³/mol. The van der Waals surface area contributed by atoms with Gasteiger partial charge in [0.2, 0.25) is 0 Å². The first kappa shape index (κ1) is 22.3. The Morgan fingerprint density at radius 3 is 2.42 bits per heavy atom. The zero-order valence-electron chi connectivity index (χ0n) is 15.3. The van der Waals surface area contributed by atoms with E-state index in [1.165, 1.54) is 11.8 Å². The van der Waals surface area contributed by atoms with E-state index in [-0.39, 0.29) is 24.7 Å². The highest BCUT2D eigenvalue weighted by atomic mass is 32.2. The van der Waals surface area contributed by atoms with Crippen LogP contribution in [0.15, 0.2) is 30.3 Å². The van der Waals surface area contributed by atoms with Gasteiger partial charge in [0.05, 0.1) is 12.7 Å². The third-order valence-corrected chi connectivity index (χ3v) is 4.19. The first-order valence-electron chi connectivity index (χ1n) is 8.28. The van der Waals surface area contributed by atoms with Gasteiger partial charge in [-0.15, -0.1) is 0 Å². The fourth-order valence-electron chi connectivity index (χ4n) is 1.82. The van der Waals surface area contributed by atoms with Crippen LogP contribution in [-0.2, 0) is 20.9 Å². The van der Waals surface area contributed by atoms with E-state index in [2.05, 4.69) is 5.32 Å². The van der Waals surface area contributed by atoms with Gasteiger partial charge in [-0.05, 0) is 26.3 Å². The molecule has 1 unspecified atom stereocenters. The summed E-state index contributed by atoms with van der Waals surface area (Å²) < 4.78 is 10.4. The first-order valence-corrected chi connectivity index (χ1v) is 9.43. The quantitative estimate of drug-likeness (QED) is 0.556. The fourth-order valence-corrected chi connectivity index (χ4v) is 2.79. The number of rotatable bonds is 9. The van der Waals surface area contributed by atoms with Crippen molar-refractivity contribution in [3.63, 3.8) is 0 Å². The van der Waals surface area contributed by atoms with Crippen molar-refractivity contribution in [2.75, 3.05) is 18.1 Å². The summed E-state index contributed by atoms with van der Waals surface area (Å²) in [5.74, 6) is -0.164. The van der Waals surface area contributed by atoms with Crippen molar-refractivity contribution in [2.24, 2.45) is 0 Å². The highest BCUT2D eigenvalue weighted by Crippen LogP contribution is 2.12. The predicted octanol–water partition coefficient (Wildman–Crippen LogP) is 1.71. The van der Waals surface area contributed by atoms with Crippen molar-refractivity contribution >= 4 is 23.8 Å². The molecule has 0 aliphatic heterocycles. The zero-order valence-corrected chi connectivity index (χ0v) is 16.1. The Hall–Kier alpha value is -1.77. The van der Waals surface area contributed by atoms with E-state index in [1.807, 2.05) is 30.3 Å². The maximum atomic E-state index is 12.3. The maximum absolute atomic E-state index is 12.3. The minimum atomic E-state index is -0.923. The number of ether oxygens (including phenoxy) is 2. The lowest BCUT2D eigenvalue weighted by Gasteiger charge is -2.24. The molecule has 1 amide bonds. The number of hydrogen-bond donors (Lipinski definition) is 3. The summed E-state index contributed by atoms with van der Waals surface area (Å²) in [5, 5.41) is 20.7. The van der Waals surface area contributed by atoms with Crippen LogP contribution in [0.2, 0.25) is 0 Å². The standard InChI is InChI=1S/C18H27NO6S/c1-18(2,3)25-16(22)15(12-26-11-14(21)9-20)19-17(23)24-10-13-7-5-4-6-8-13/h4-8,14-15,20-21H,9-12H2,1-3H3,(H,19,23)/t14-,15?/m0/s1. The lowest BCUT2D eigenvalue weighted by atomic mass is 10.2. The molecule has 2 atom stereocenters. The molecule has 0 aliphatic carbocycles. The highest BCUT2D eigenvalue weighted by Gasteiger charge is 2.27. The van der Waals surface area contributed by atoms with Gasteiger partial charge in [0, 0.05) is 11.5 Å². The molecule has 0 heterocycles. The molecule has 1 aromatic rings. The van der Waals surface area contributed by atoms with Gasteiger partial charge in [-0.1, -0.05) is 30.3 Å². The molecule has 146 valence electrons. The number of thioether (sulfide) groups is 1. The summed E-state index contributed by atoms with van der Waals surface area (Å²) in [6.45, 7) is 4.93. The average molecular weight is 385 g/mol. The zero-order chi connectivity index (χ0) is 19.6. The smallest absolute Gasteiger partial charge is 0.408 e. The van der Waals surface area contributed by atoms with Crippen LogP contribution in [0.4, 0.5) is 4.79 Å². The van der Waals surface area contributed by atoms with E-state index in [9.17, 15) is 14.7 Å². The van der Waals surface area contributed by atoms with Gasteiger partial charge in [-0.3, -0.25) is 0 Å². The van der Waals surface area contributed by atoms with Crippen molar-refractivity contribution in [1.82, 2.24) is 5.32 Å². The molecule has 1 rings (SSSR count). The Morgan fingerprint density at radius 1 is 1.19 bits per heavy atom. The van der Waals surface area contributed by atoms with E-state index in [0.717, 1.165) is 5.56 Å². The van der Waals surface area contributed by atoms with Crippen LogP contribution < -0.4 is 5.32 Å². The lowest BCUT2D eigenvalue weighted by Crippen LogP contribution is -2.46. The molecule has 1 aromatic carbocycles. The Labute approximate surface area is 158 Å². The Morgan fingerprint density at radius 2 is 1.85 bits per heavy atom. The topological polar surface area (TPSA) is 105 Å². The van der Waals surface area contributed by atoms with E-state index < -0.39 is 29.8 Å². The third kappa shape index (κ3) is 9.65. The minimum absolute atomic E-state index is 0.0874. The molecule has 7 nitrogen and oxygen atoms in total. The van der Waals surface area contributed by atoms with Crippen molar-refractivity contribution in [3.8, 4) is 0 Å². The second-order valence-corrected chi connectivity index (χ2v) is 7.74. The van der Waals surface area contributed by atoms with Gasteiger partial charge < -0.3 is 25.0 Å². The molecule has 26 heavy (non-hydrogen) atoms. The number of alkyl carbamates (subject to hydrolysis) is 1. The number of amides is 1. The number of hydrogen-bond acceptors (Lipinski definition) is 7. The molecule has 0 bridgehead atoms. The van der Waals surface area contributed by atoms with E-state index in [4.69, 9.17) is 14.6 Å². The monoisotopic (exact) mass is 385 g/mol. The van der Waals surface area contributed by atoms with Crippen LogP contribution >= 0.6 is 11.8 Å². The highest BCUT2D eigenvalue weighted by molar-refractivity contribution is 7.99. The SMILES string of the molecule is CC(C)(C)OC(=O)C(CSC[C@@H](O)CO)NC(=O)OCc1ccccc1. The van der Waals surface area contributed by atoms with Crippen LogP contribution in [0.5, 0.6) is 0 Å². The lowest BCUT2D eigenvalue weighted by molar-refractivity contribution is -0.156. The number of esters is 1. The van der Waals surface area contributed by atoms with Crippen molar-refractivity contribution in [2.45, 2.75) is 45.1 Å². The normalized spacial score (nSPS) is 13.6. The fraction of sp³-hybridized carbons (Fsp3) is 0.556. The average Bonchev–Trinajstić information content (AvgIpc) is 2.58. The maximum Gasteiger partial charge on any atom is 0.408 e. The van der Waals surface area contributed by atoms with Crippen molar-refractivity contribution in [1.29, 1.82) is 0 Å². The van der Waals surface area contributed by atoms with Gasteiger partial charge in [-0.2, -0.15) is 11.8 Å². The molecule has 3 N–H and O–H groups in total. The summed E-state index contributed by atoms with van der Waals surface area (Å²) >= 11 is 1.22. The van der Waals surface area contributed by atoms with Gasteiger partial charge in [-0.25, -0.2) is 9.59 Å². The van der Waals surface area contributed by atoms with E-state index in [0.29, 0.717) is 0 Å². The largest absolute Gasteiger partial charge is 0.458 e. The van der Waals surface area contributed by atoms with Gasteiger partial charge in [0.25, 0.3) is 0 Å². The summed E-state index contributed by atoms with van der Waals surface area (Å²) in [6, 6.07) is 8.26. The van der Waals surface area contributed by atoms with E-state index >= 15 is 0 Å². The van der Waals surface area contributed by atoms with Crippen LogP contribution in [0, 0.1) is 0 Å². The molecule has 0 radical (unpaired) electrons. The van der Waals surface area contributed by atoms with Crippen molar-refractivity contribution in [3.05, 3.63) is 35.9 Å². The van der Waals surface area contributed by atoms with Crippen LogP contribution in [-0.4, -0.2) is 58.1 Å². The molecule has 0 fully saturated rings. The molecule has 0 aromatic heterocycles. The Balaban J connectivity index is 2.58. The van der Waals surface area contributed by atoms with Crippen LogP contribution in [0.3, 0.4) is 0 Å². The van der Waals surface area contributed by atoms with Crippen LogP contribution in [0.25, 0.3) is 0 Å². The summed E-state index contributed by atoms with van der Waals surface area (Å²) in [4.78, 5) is 24.3. The molecular weight excluding hydrogens is 358 g/mol. The molecule has 0 saturated carbocycles. The third-order valence-electron chi connectivity index (χ3n) is 3.00. The summed E-state index contributed by atoms with van der Waals surface area (Å²) in [5.41, 5.74) is 0.136. The number of carbonyl (C=O) groups excluding carboxylic acids is 2. The van der Waals surface area contributed by atoms with Crippen LogP contribution in [0.1, 0.15) is 26.3 Å². The first-order chi connectivity index (χ1) is 12.2. The number of aliphatic hydroxyl groups is 2. The number of aliphatic hydroxyl groups excluding tert-OH is 2. The summed E-state index contributed by atoms with van der Waals surface area (Å²) in [7, 11) is 0. The molecule has 0 spiro atoms. The number of benzene rings is 1. The van der Waals surface area contributed by atoms with Crippen molar-refractivity contribution < 1.29 is 29.3 Å². The van der Waals surface area contributed by atoms with Gasteiger partial charge >= 0.3 is 12.1 Å². The minimum Gasteiger partial charge on any atom is -0.458 e. The Bertz CT molecular complexity index is 561. The van der Waals surface area contributed by atoms with Gasteiger partial charge in [0.15, 0.2) is 0 Å². The molecule has 8 heteroatoms. The molecule has 0 saturated heterocycles. The molecule has 0 aliphatic rings. The Kier molecular flexibility index (Phi) is 9.47. The van der Waals surface area contributed by atoms with Gasteiger partial charge in [0.1, 0.15) is 18.2 Å². The molecular formula is C18H27NO6S. The second kappa shape index (κ2) is 11.1.